The molecule has 0 aromatic heterocycles. The molecule has 15 heavy (non-hydrogen) atoms. The highest BCUT2D eigenvalue weighted by atomic mass is 35.5. The molecule has 0 radical (unpaired) electrons. The molecule has 0 aliphatic carbocycles. The van der Waals surface area contributed by atoms with Crippen LogP contribution in [0.25, 0.3) is 5.57 Å². The van der Waals surface area contributed by atoms with E-state index in [0.717, 1.165) is 0 Å². The molecule has 1 aromatic rings. The first kappa shape index (κ1) is 11.4. The number of benzene rings is 1. The van der Waals surface area contributed by atoms with Gasteiger partial charge in [-0.05, 0) is 17.7 Å². The summed E-state index contributed by atoms with van der Waals surface area (Å²) in [6.07, 6.45) is 1.27. The largest absolute Gasteiger partial charge is 0.344 e. The van der Waals surface area contributed by atoms with Crippen LogP contribution in [0, 0.1) is 0 Å². The van der Waals surface area contributed by atoms with E-state index in [4.69, 9.17) is 11.6 Å². The Bertz CT molecular complexity index is 454. The van der Waals surface area contributed by atoms with Crippen LogP contribution in [-0.4, -0.2) is 11.8 Å². The van der Waals surface area contributed by atoms with Crippen molar-refractivity contribution in [3.05, 3.63) is 40.9 Å². The van der Waals surface area contributed by atoms with E-state index in [1.54, 1.807) is 24.3 Å². The zero-order valence-corrected chi connectivity index (χ0v) is 8.54. The van der Waals surface area contributed by atoms with E-state index < -0.39 is 0 Å². The molecule has 1 aliphatic heterocycles. The second-order valence-corrected chi connectivity index (χ2v) is 3.32. The van der Waals surface area contributed by atoms with E-state index in [2.05, 4.69) is 5.32 Å². The molecule has 2 amide bonds. The lowest BCUT2D eigenvalue weighted by Crippen LogP contribution is -2.21. The second-order valence-electron chi connectivity index (χ2n) is 2.89. The van der Waals surface area contributed by atoms with Gasteiger partial charge in [0.25, 0.3) is 11.8 Å². The zero-order valence-electron chi connectivity index (χ0n) is 7.79. The van der Waals surface area contributed by atoms with Gasteiger partial charge in [0.1, 0.15) is 0 Å². The van der Waals surface area contributed by atoms with E-state index in [1.165, 1.54) is 6.08 Å². The lowest BCUT2D eigenvalue weighted by molar-refractivity contribution is -0.123. The molecule has 5 heteroatoms. The molecule has 0 spiro atoms. The third-order valence-electron chi connectivity index (χ3n) is 1.89. The van der Waals surface area contributed by atoms with Crippen LogP contribution in [0.2, 0.25) is 5.02 Å². The Morgan fingerprint density at radius 3 is 2.47 bits per heavy atom. The molecule has 0 saturated heterocycles. The monoisotopic (exact) mass is 212 g/mol. The number of nitrogens with one attached hydrogen (secondary N) is 1. The molecule has 0 saturated carbocycles. The first-order chi connectivity index (χ1) is 6.66. The molecular weight excluding hydrogens is 204 g/mol. The smallest absolute Gasteiger partial charge is 0.258 e. The van der Waals surface area contributed by atoms with Crippen LogP contribution in [0.5, 0.6) is 0 Å². The Morgan fingerprint density at radius 2 is 1.93 bits per heavy atom. The lowest BCUT2D eigenvalue weighted by Gasteiger charge is -1.99. The quantitative estimate of drug-likeness (QED) is 0.693. The van der Waals surface area contributed by atoms with E-state index in [0.29, 0.717) is 16.2 Å². The van der Waals surface area contributed by atoms with Gasteiger partial charge in [0.2, 0.25) is 0 Å². The van der Waals surface area contributed by atoms with Crippen molar-refractivity contribution < 1.29 is 9.59 Å². The normalized spacial score (nSPS) is 14.3. The molecule has 0 fully saturated rings. The summed E-state index contributed by atoms with van der Waals surface area (Å²) in [5, 5.41) is 2.71. The predicted octanol–water partition coefficient (Wildman–Crippen LogP) is 1.54. The van der Waals surface area contributed by atoms with Crippen molar-refractivity contribution in [1.82, 2.24) is 11.5 Å². The summed E-state index contributed by atoms with van der Waals surface area (Å²) in [5.74, 6) is -0.762. The van der Waals surface area contributed by atoms with Gasteiger partial charge in [-0.25, -0.2) is 0 Å². The van der Waals surface area contributed by atoms with Gasteiger partial charge in [-0.3, -0.25) is 14.9 Å². The average molecular weight is 213 g/mol. The fourth-order valence-corrected chi connectivity index (χ4v) is 1.47. The number of amides is 2. The fraction of sp³-hybridized carbons (Fsp3) is 0. The summed E-state index contributed by atoms with van der Waals surface area (Å²) in [7, 11) is 0. The first-order valence-corrected chi connectivity index (χ1v) is 4.37. The van der Waals surface area contributed by atoms with Gasteiger partial charge in [-0.2, -0.15) is 0 Å². The molecule has 0 atom stereocenters. The minimum atomic E-state index is -0.384. The van der Waals surface area contributed by atoms with E-state index in [-0.39, 0.29) is 18.0 Å². The van der Waals surface area contributed by atoms with Crippen molar-refractivity contribution in [2.75, 3.05) is 0 Å². The van der Waals surface area contributed by atoms with Crippen molar-refractivity contribution in [1.29, 1.82) is 0 Å². The first-order valence-electron chi connectivity index (χ1n) is 4.00. The van der Waals surface area contributed by atoms with Crippen molar-refractivity contribution in [3.8, 4) is 0 Å². The number of hydrogen-bond donors (Lipinski definition) is 2. The number of rotatable bonds is 1. The zero-order chi connectivity index (χ0) is 10.1. The maximum atomic E-state index is 11.3. The van der Waals surface area contributed by atoms with Crippen molar-refractivity contribution >= 4 is 29.0 Å². The third kappa shape index (κ3) is 2.23. The number of hydrogen-bond acceptors (Lipinski definition) is 3. The van der Waals surface area contributed by atoms with Crippen molar-refractivity contribution in [2.45, 2.75) is 0 Å². The Morgan fingerprint density at radius 1 is 1.20 bits per heavy atom. The Balaban J connectivity index is 0.00000112. The number of carbonyl (C=O) groups excluding carboxylic acids is 2. The van der Waals surface area contributed by atoms with Gasteiger partial charge >= 0.3 is 0 Å². The SMILES string of the molecule is O=C1C=C(c2cccc(Cl)c2)C(=O)N1.[2NH3]. The summed E-state index contributed by atoms with van der Waals surface area (Å²) in [6, 6.07) is 6.82. The van der Waals surface area contributed by atoms with E-state index in [1.807, 2.05) is 0 Å². The predicted molar refractivity (Wildman–Crippen MR) is 57.6 cm³/mol. The third-order valence-corrected chi connectivity index (χ3v) is 2.13. The summed E-state index contributed by atoms with van der Waals surface area (Å²) in [5.41, 5.74) is 1.01. The molecule has 2 rings (SSSR count). The van der Waals surface area contributed by atoms with Crippen LogP contribution in [0.4, 0.5) is 0 Å². The molecule has 0 unspecified atom stereocenters. The summed E-state index contributed by atoms with van der Waals surface area (Å²) < 4.78 is 0. The highest BCUT2D eigenvalue weighted by molar-refractivity contribution is 6.34. The van der Waals surface area contributed by atoms with Crippen molar-refractivity contribution in [3.63, 3.8) is 0 Å². The summed E-state index contributed by atoms with van der Waals surface area (Å²) in [6.45, 7) is 0. The Kier molecular flexibility index (Phi) is 3.24. The highest BCUT2D eigenvalue weighted by Gasteiger charge is 2.21. The molecule has 78 valence electrons. The molecule has 0 bridgehead atoms. The Labute approximate surface area is 91.5 Å². The molecule has 4 N–H and O–H groups in total. The van der Waals surface area contributed by atoms with E-state index in [9.17, 15) is 9.59 Å². The maximum absolute atomic E-state index is 11.3. The summed E-state index contributed by atoms with van der Waals surface area (Å²) >= 11 is 5.76. The summed E-state index contributed by atoms with van der Waals surface area (Å²) in [4.78, 5) is 22.1. The number of carbonyl (C=O) groups is 2. The molecular formula is C10H9ClN2O2. The molecule has 1 aliphatic rings. The lowest BCUT2D eigenvalue weighted by atomic mass is 2.00. The van der Waals surface area contributed by atoms with Crippen LogP contribution in [0.15, 0.2) is 30.3 Å². The van der Waals surface area contributed by atoms with Gasteiger partial charge in [-0.1, -0.05) is 23.7 Å². The highest BCUT2D eigenvalue weighted by Crippen LogP contribution is 2.21. The maximum Gasteiger partial charge on any atom is 0.258 e. The van der Waals surface area contributed by atoms with Gasteiger partial charge in [0.15, 0.2) is 0 Å². The van der Waals surface area contributed by atoms with E-state index >= 15 is 0 Å². The van der Waals surface area contributed by atoms with Crippen LogP contribution < -0.4 is 11.5 Å². The topological polar surface area (TPSA) is 81.2 Å². The average Bonchev–Trinajstić information content (AvgIpc) is 2.45. The van der Waals surface area contributed by atoms with Crippen LogP contribution in [0.3, 0.4) is 0 Å². The van der Waals surface area contributed by atoms with Crippen molar-refractivity contribution in [2.24, 2.45) is 0 Å². The molecule has 4 nitrogen and oxygen atoms in total. The second kappa shape index (κ2) is 4.25. The van der Waals surface area contributed by atoms with Crippen LogP contribution >= 0.6 is 11.6 Å². The van der Waals surface area contributed by atoms with Gasteiger partial charge in [0, 0.05) is 11.1 Å². The fourth-order valence-electron chi connectivity index (χ4n) is 1.28. The van der Waals surface area contributed by atoms with Crippen LogP contribution in [-0.2, 0) is 9.59 Å². The van der Waals surface area contributed by atoms with Gasteiger partial charge < -0.3 is 6.15 Å². The van der Waals surface area contributed by atoms with Gasteiger partial charge in [0.05, 0.1) is 5.57 Å². The standard InChI is InChI=1S/C10H6ClNO2.H3N/c11-7-3-1-2-6(4-7)8-5-9(13)12-10(8)14;/h1-5H,(H,12,13,14);1H3/i;1-12. The number of halogens is 1. The van der Waals surface area contributed by atoms with Gasteiger partial charge in [-0.15, -0.1) is 0 Å². The number of imide groups is 1. The minimum absolute atomic E-state index is 0. The minimum Gasteiger partial charge on any atom is -0.344 e. The molecule has 1 aromatic carbocycles. The van der Waals surface area contributed by atoms with Crippen LogP contribution in [0.1, 0.15) is 5.56 Å². The molecule has 1 heterocycles. The Hall–Kier alpha value is -1.65.